The van der Waals surface area contributed by atoms with E-state index in [0.717, 1.165) is 55.4 Å². The number of amides is 1. The van der Waals surface area contributed by atoms with Crippen LogP contribution in [-0.4, -0.2) is 53.6 Å². The molecule has 0 atom stereocenters. The quantitative estimate of drug-likeness (QED) is 0.718. The van der Waals surface area contributed by atoms with Gasteiger partial charge in [0.05, 0.1) is 12.3 Å². The predicted molar refractivity (Wildman–Crippen MR) is 119 cm³/mol. The second-order valence-corrected chi connectivity index (χ2v) is 8.29. The van der Waals surface area contributed by atoms with Crippen LogP contribution in [-0.2, 0) is 4.79 Å². The standard InChI is InChI=1S/C24H32N4O2/c1-2-30-21-10-8-20(9-11-21)22-17-23(26-18-25-22)27-12-14-28(15-13-27)24(29)16-19-6-4-3-5-7-19/h8-11,17-19H,2-7,12-16H2,1H3. The van der Waals surface area contributed by atoms with Gasteiger partial charge in [-0.2, -0.15) is 0 Å². The number of ether oxygens (including phenoxy) is 1. The Morgan fingerprint density at radius 3 is 2.47 bits per heavy atom. The molecule has 2 heterocycles. The summed E-state index contributed by atoms with van der Waals surface area (Å²) in [6, 6.07) is 10.0. The Labute approximate surface area is 179 Å². The average Bonchev–Trinajstić information content (AvgIpc) is 2.81. The van der Waals surface area contributed by atoms with Crippen LogP contribution in [0.5, 0.6) is 5.75 Å². The van der Waals surface area contributed by atoms with Crippen LogP contribution in [0, 0.1) is 5.92 Å². The summed E-state index contributed by atoms with van der Waals surface area (Å²) >= 11 is 0. The Kier molecular flexibility index (Phi) is 6.82. The maximum absolute atomic E-state index is 12.7. The highest BCUT2D eigenvalue weighted by Crippen LogP contribution is 2.27. The number of rotatable bonds is 6. The summed E-state index contributed by atoms with van der Waals surface area (Å²) in [5, 5.41) is 0. The number of anilines is 1. The molecule has 1 amide bonds. The minimum Gasteiger partial charge on any atom is -0.494 e. The number of piperazine rings is 1. The summed E-state index contributed by atoms with van der Waals surface area (Å²) in [6.07, 6.45) is 8.71. The van der Waals surface area contributed by atoms with E-state index < -0.39 is 0 Å². The maximum Gasteiger partial charge on any atom is 0.222 e. The normalized spacial score (nSPS) is 17.8. The van der Waals surface area contributed by atoms with E-state index >= 15 is 0 Å². The van der Waals surface area contributed by atoms with Crippen LogP contribution >= 0.6 is 0 Å². The molecule has 1 saturated heterocycles. The molecule has 0 unspecified atom stereocenters. The van der Waals surface area contributed by atoms with Gasteiger partial charge in [-0.05, 0) is 49.9 Å². The third kappa shape index (κ3) is 5.10. The summed E-state index contributed by atoms with van der Waals surface area (Å²) in [6.45, 7) is 5.81. The van der Waals surface area contributed by atoms with Crippen molar-refractivity contribution in [2.45, 2.75) is 45.4 Å². The molecule has 0 N–H and O–H groups in total. The summed E-state index contributed by atoms with van der Waals surface area (Å²) in [5.41, 5.74) is 1.95. The van der Waals surface area contributed by atoms with E-state index in [1.807, 2.05) is 42.2 Å². The van der Waals surface area contributed by atoms with Gasteiger partial charge in [0.2, 0.25) is 5.91 Å². The lowest BCUT2D eigenvalue weighted by Crippen LogP contribution is -2.49. The Morgan fingerprint density at radius 2 is 1.77 bits per heavy atom. The molecule has 6 heteroatoms. The molecule has 1 aliphatic carbocycles. The molecule has 30 heavy (non-hydrogen) atoms. The summed E-state index contributed by atoms with van der Waals surface area (Å²) in [4.78, 5) is 25.9. The molecule has 1 aromatic heterocycles. The fraction of sp³-hybridized carbons (Fsp3) is 0.542. The summed E-state index contributed by atoms with van der Waals surface area (Å²) < 4.78 is 5.52. The van der Waals surface area contributed by atoms with Gasteiger partial charge in [-0.15, -0.1) is 0 Å². The van der Waals surface area contributed by atoms with E-state index in [1.54, 1.807) is 6.33 Å². The Hall–Kier alpha value is -2.63. The van der Waals surface area contributed by atoms with Crippen molar-refractivity contribution in [2.75, 3.05) is 37.7 Å². The zero-order chi connectivity index (χ0) is 20.8. The van der Waals surface area contributed by atoms with Crippen LogP contribution in [0.1, 0.15) is 45.4 Å². The van der Waals surface area contributed by atoms with Crippen molar-refractivity contribution in [1.82, 2.24) is 14.9 Å². The number of carbonyl (C=O) groups is 1. The molecule has 2 fully saturated rings. The molecule has 0 radical (unpaired) electrons. The first-order chi connectivity index (χ1) is 14.7. The molecular formula is C24H32N4O2. The average molecular weight is 409 g/mol. The zero-order valence-electron chi connectivity index (χ0n) is 17.9. The van der Waals surface area contributed by atoms with Crippen molar-refractivity contribution in [2.24, 2.45) is 5.92 Å². The summed E-state index contributed by atoms with van der Waals surface area (Å²) in [7, 11) is 0. The van der Waals surface area contributed by atoms with Crippen molar-refractivity contribution < 1.29 is 9.53 Å². The molecule has 0 bridgehead atoms. The number of hydrogen-bond donors (Lipinski definition) is 0. The van der Waals surface area contributed by atoms with Crippen LogP contribution in [0.3, 0.4) is 0 Å². The fourth-order valence-corrected chi connectivity index (χ4v) is 4.52. The Balaban J connectivity index is 1.34. The Bertz CT molecular complexity index is 825. The molecular weight excluding hydrogens is 376 g/mol. The number of aromatic nitrogens is 2. The monoisotopic (exact) mass is 408 g/mol. The third-order valence-electron chi connectivity index (χ3n) is 6.26. The van der Waals surface area contributed by atoms with Gasteiger partial charge < -0.3 is 14.5 Å². The second kappa shape index (κ2) is 9.92. The maximum atomic E-state index is 12.7. The topological polar surface area (TPSA) is 58.6 Å². The predicted octanol–water partition coefficient (Wildman–Crippen LogP) is 4.16. The molecule has 4 rings (SSSR count). The molecule has 1 aromatic carbocycles. The zero-order valence-corrected chi connectivity index (χ0v) is 17.9. The van der Waals surface area contributed by atoms with E-state index in [9.17, 15) is 4.79 Å². The molecule has 6 nitrogen and oxygen atoms in total. The lowest BCUT2D eigenvalue weighted by molar-refractivity contribution is -0.132. The van der Waals surface area contributed by atoms with E-state index in [0.29, 0.717) is 18.4 Å². The molecule has 2 aliphatic rings. The fourth-order valence-electron chi connectivity index (χ4n) is 4.52. The SMILES string of the molecule is CCOc1ccc(-c2cc(N3CCN(C(=O)CC4CCCCC4)CC3)ncn2)cc1. The van der Waals surface area contributed by atoms with E-state index in [2.05, 4.69) is 14.9 Å². The highest BCUT2D eigenvalue weighted by atomic mass is 16.5. The minimum absolute atomic E-state index is 0.333. The number of hydrogen-bond acceptors (Lipinski definition) is 5. The Morgan fingerprint density at radius 1 is 1.03 bits per heavy atom. The van der Waals surface area contributed by atoms with Crippen molar-refractivity contribution in [3.05, 3.63) is 36.7 Å². The molecule has 0 spiro atoms. The lowest BCUT2D eigenvalue weighted by atomic mass is 9.86. The van der Waals surface area contributed by atoms with Gasteiger partial charge in [0, 0.05) is 44.2 Å². The molecule has 160 valence electrons. The van der Waals surface area contributed by atoms with Gasteiger partial charge in [-0.3, -0.25) is 4.79 Å². The van der Waals surface area contributed by atoms with Gasteiger partial charge in [0.1, 0.15) is 17.9 Å². The van der Waals surface area contributed by atoms with E-state index in [4.69, 9.17) is 4.74 Å². The molecule has 1 aliphatic heterocycles. The van der Waals surface area contributed by atoms with Crippen LogP contribution < -0.4 is 9.64 Å². The first-order valence-electron chi connectivity index (χ1n) is 11.3. The highest BCUT2D eigenvalue weighted by molar-refractivity contribution is 5.76. The van der Waals surface area contributed by atoms with Crippen molar-refractivity contribution in [3.63, 3.8) is 0 Å². The number of carbonyl (C=O) groups excluding carboxylic acids is 1. The number of nitrogens with zero attached hydrogens (tertiary/aromatic N) is 4. The van der Waals surface area contributed by atoms with Gasteiger partial charge >= 0.3 is 0 Å². The van der Waals surface area contributed by atoms with Crippen molar-refractivity contribution in [3.8, 4) is 17.0 Å². The second-order valence-electron chi connectivity index (χ2n) is 8.29. The third-order valence-corrected chi connectivity index (χ3v) is 6.26. The number of benzene rings is 1. The van der Waals surface area contributed by atoms with Crippen molar-refractivity contribution >= 4 is 11.7 Å². The van der Waals surface area contributed by atoms with Gasteiger partial charge in [-0.25, -0.2) is 9.97 Å². The van der Waals surface area contributed by atoms with Crippen LogP contribution in [0.2, 0.25) is 0 Å². The highest BCUT2D eigenvalue weighted by Gasteiger charge is 2.25. The first kappa shape index (κ1) is 20.6. The van der Waals surface area contributed by atoms with Crippen LogP contribution in [0.25, 0.3) is 11.3 Å². The van der Waals surface area contributed by atoms with Crippen molar-refractivity contribution in [1.29, 1.82) is 0 Å². The lowest BCUT2D eigenvalue weighted by Gasteiger charge is -2.36. The van der Waals surface area contributed by atoms with Crippen LogP contribution in [0.4, 0.5) is 5.82 Å². The summed E-state index contributed by atoms with van der Waals surface area (Å²) in [5.74, 6) is 2.72. The van der Waals surface area contributed by atoms with Gasteiger partial charge in [0.15, 0.2) is 0 Å². The van der Waals surface area contributed by atoms with E-state index in [1.165, 1.54) is 32.1 Å². The first-order valence-corrected chi connectivity index (χ1v) is 11.3. The van der Waals surface area contributed by atoms with E-state index in [-0.39, 0.29) is 0 Å². The van der Waals surface area contributed by atoms with Gasteiger partial charge in [0.25, 0.3) is 0 Å². The minimum atomic E-state index is 0.333. The largest absolute Gasteiger partial charge is 0.494 e. The van der Waals surface area contributed by atoms with Gasteiger partial charge in [-0.1, -0.05) is 19.3 Å². The molecule has 2 aromatic rings. The molecule has 1 saturated carbocycles. The van der Waals surface area contributed by atoms with Crippen LogP contribution in [0.15, 0.2) is 36.7 Å². The smallest absolute Gasteiger partial charge is 0.222 e.